The summed E-state index contributed by atoms with van der Waals surface area (Å²) in [4.78, 5) is 4.62. The van der Waals surface area contributed by atoms with Crippen molar-refractivity contribution >= 4 is 15.8 Å². The van der Waals surface area contributed by atoms with E-state index in [0.29, 0.717) is 23.3 Å². The van der Waals surface area contributed by atoms with Gasteiger partial charge in [0.1, 0.15) is 0 Å². The molecule has 0 unspecified atom stereocenters. The van der Waals surface area contributed by atoms with E-state index in [4.69, 9.17) is 5.73 Å². The Morgan fingerprint density at radius 3 is 2.57 bits per heavy atom. The minimum atomic E-state index is -3.17. The number of aliphatic imine (C=N–C) groups is 1. The third-order valence-corrected chi connectivity index (χ3v) is 4.36. The van der Waals surface area contributed by atoms with E-state index in [1.54, 1.807) is 19.1 Å². The molecule has 0 saturated heterocycles. The Bertz CT molecular complexity index is 607. The molecule has 0 saturated carbocycles. The van der Waals surface area contributed by atoms with Gasteiger partial charge in [0.25, 0.3) is 0 Å². The Morgan fingerprint density at radius 2 is 2.05 bits per heavy atom. The molecule has 0 heterocycles. The molecule has 0 spiro atoms. The standard InChI is InChI=1S/C15H25N3O2S/c1-11(2)7-8-17-15(16)18-10-13-5-6-14(12(3)9-13)21(4,19)20/h5-6,9,11H,7-8,10H2,1-4H3,(H3,16,17,18). The van der Waals surface area contributed by atoms with Crippen molar-refractivity contribution in [1.29, 1.82) is 0 Å². The number of nitrogens with two attached hydrogens (primary N) is 1. The van der Waals surface area contributed by atoms with Crippen LogP contribution >= 0.6 is 0 Å². The molecule has 0 fully saturated rings. The third kappa shape index (κ3) is 6.16. The van der Waals surface area contributed by atoms with Gasteiger partial charge in [0, 0.05) is 12.8 Å². The zero-order valence-electron chi connectivity index (χ0n) is 13.2. The summed E-state index contributed by atoms with van der Waals surface area (Å²) in [6, 6.07) is 5.23. The number of hydrogen-bond acceptors (Lipinski definition) is 3. The summed E-state index contributed by atoms with van der Waals surface area (Å²) >= 11 is 0. The molecule has 1 rings (SSSR count). The zero-order valence-corrected chi connectivity index (χ0v) is 14.0. The van der Waals surface area contributed by atoms with E-state index >= 15 is 0 Å². The van der Waals surface area contributed by atoms with Gasteiger partial charge in [0.05, 0.1) is 11.4 Å². The Kier molecular flexibility index (Phi) is 6.20. The summed E-state index contributed by atoms with van der Waals surface area (Å²) < 4.78 is 23.1. The monoisotopic (exact) mass is 311 g/mol. The first-order valence-corrected chi connectivity index (χ1v) is 8.92. The maximum atomic E-state index is 11.5. The van der Waals surface area contributed by atoms with Crippen LogP contribution in [-0.2, 0) is 16.4 Å². The number of guanidine groups is 1. The second-order valence-corrected chi connectivity index (χ2v) is 7.67. The van der Waals surface area contributed by atoms with Gasteiger partial charge in [-0.1, -0.05) is 26.0 Å². The molecule has 0 aliphatic carbocycles. The maximum absolute atomic E-state index is 11.5. The Balaban J connectivity index is 2.66. The molecular weight excluding hydrogens is 286 g/mol. The molecule has 1 aromatic rings. The van der Waals surface area contributed by atoms with Crippen LogP contribution in [0.2, 0.25) is 0 Å². The van der Waals surface area contributed by atoms with Crippen molar-refractivity contribution in [3.63, 3.8) is 0 Å². The summed E-state index contributed by atoms with van der Waals surface area (Å²) in [5.74, 6) is 1.04. The summed E-state index contributed by atoms with van der Waals surface area (Å²) in [7, 11) is -3.17. The average Bonchev–Trinajstić information content (AvgIpc) is 2.34. The third-order valence-electron chi connectivity index (χ3n) is 3.10. The fraction of sp³-hybridized carbons (Fsp3) is 0.533. The van der Waals surface area contributed by atoms with Crippen LogP contribution in [0.5, 0.6) is 0 Å². The van der Waals surface area contributed by atoms with Crippen LogP contribution in [0.25, 0.3) is 0 Å². The Morgan fingerprint density at radius 1 is 1.38 bits per heavy atom. The lowest BCUT2D eigenvalue weighted by Gasteiger charge is -2.08. The smallest absolute Gasteiger partial charge is 0.188 e. The number of aryl methyl sites for hydroxylation is 1. The molecule has 6 heteroatoms. The van der Waals surface area contributed by atoms with Gasteiger partial charge >= 0.3 is 0 Å². The second-order valence-electron chi connectivity index (χ2n) is 5.68. The number of sulfone groups is 1. The molecule has 0 atom stereocenters. The van der Waals surface area contributed by atoms with Gasteiger partial charge in [-0.3, -0.25) is 0 Å². The summed E-state index contributed by atoms with van der Waals surface area (Å²) in [5.41, 5.74) is 7.46. The van der Waals surface area contributed by atoms with Crippen LogP contribution < -0.4 is 11.1 Å². The van der Waals surface area contributed by atoms with Gasteiger partial charge < -0.3 is 11.1 Å². The summed E-state index contributed by atoms with van der Waals surface area (Å²) in [6.07, 6.45) is 2.25. The normalized spacial score (nSPS) is 12.7. The molecule has 0 amide bonds. The van der Waals surface area contributed by atoms with Gasteiger partial charge in [-0.2, -0.15) is 0 Å². The minimum absolute atomic E-state index is 0.359. The van der Waals surface area contributed by atoms with E-state index in [2.05, 4.69) is 24.2 Å². The fourth-order valence-electron chi connectivity index (χ4n) is 1.95. The highest BCUT2D eigenvalue weighted by molar-refractivity contribution is 7.90. The number of benzene rings is 1. The topological polar surface area (TPSA) is 84.5 Å². The highest BCUT2D eigenvalue weighted by Gasteiger charge is 2.10. The first kappa shape index (κ1) is 17.5. The van der Waals surface area contributed by atoms with E-state index in [1.165, 1.54) is 6.26 Å². The van der Waals surface area contributed by atoms with Crippen LogP contribution in [0.4, 0.5) is 0 Å². The molecule has 5 nitrogen and oxygen atoms in total. The molecule has 0 aliphatic rings. The lowest BCUT2D eigenvalue weighted by Crippen LogP contribution is -2.32. The number of rotatable bonds is 6. The highest BCUT2D eigenvalue weighted by atomic mass is 32.2. The predicted molar refractivity (Wildman–Crippen MR) is 87.1 cm³/mol. The van der Waals surface area contributed by atoms with Crippen LogP contribution in [-0.4, -0.2) is 27.2 Å². The first-order valence-electron chi connectivity index (χ1n) is 7.03. The minimum Gasteiger partial charge on any atom is -0.370 e. The van der Waals surface area contributed by atoms with Crippen molar-refractivity contribution in [2.75, 3.05) is 12.8 Å². The lowest BCUT2D eigenvalue weighted by molar-refractivity contribution is 0.576. The lowest BCUT2D eigenvalue weighted by atomic mass is 10.1. The summed E-state index contributed by atoms with van der Waals surface area (Å²) in [6.45, 7) is 7.33. The van der Waals surface area contributed by atoms with Crippen molar-refractivity contribution in [2.24, 2.45) is 16.6 Å². The quantitative estimate of drug-likeness (QED) is 0.620. The summed E-state index contributed by atoms with van der Waals surface area (Å²) in [5, 5.41) is 3.07. The van der Waals surface area contributed by atoms with Crippen molar-refractivity contribution in [3.8, 4) is 0 Å². The molecule has 0 aromatic heterocycles. The van der Waals surface area contributed by atoms with Crippen LogP contribution in [0.1, 0.15) is 31.4 Å². The predicted octanol–water partition coefficient (Wildman–Crippen LogP) is 1.85. The van der Waals surface area contributed by atoms with Gasteiger partial charge in [0.2, 0.25) is 0 Å². The van der Waals surface area contributed by atoms with E-state index in [0.717, 1.165) is 24.1 Å². The van der Waals surface area contributed by atoms with Crippen LogP contribution in [0, 0.1) is 12.8 Å². The van der Waals surface area contributed by atoms with Crippen molar-refractivity contribution in [1.82, 2.24) is 5.32 Å². The first-order chi connectivity index (χ1) is 9.70. The van der Waals surface area contributed by atoms with Gasteiger partial charge in [-0.25, -0.2) is 13.4 Å². The molecule has 21 heavy (non-hydrogen) atoms. The van der Waals surface area contributed by atoms with Gasteiger partial charge in [-0.15, -0.1) is 0 Å². The molecule has 1 aromatic carbocycles. The molecule has 0 bridgehead atoms. The number of hydrogen-bond donors (Lipinski definition) is 2. The fourth-order valence-corrected chi connectivity index (χ4v) is 2.91. The molecule has 118 valence electrons. The van der Waals surface area contributed by atoms with Crippen molar-refractivity contribution in [2.45, 2.75) is 38.6 Å². The Hall–Kier alpha value is -1.56. The van der Waals surface area contributed by atoms with E-state index in [9.17, 15) is 8.42 Å². The maximum Gasteiger partial charge on any atom is 0.188 e. The van der Waals surface area contributed by atoms with Crippen molar-refractivity contribution in [3.05, 3.63) is 29.3 Å². The van der Waals surface area contributed by atoms with Crippen LogP contribution in [0.15, 0.2) is 28.1 Å². The number of nitrogens with one attached hydrogen (secondary N) is 1. The van der Waals surface area contributed by atoms with Crippen LogP contribution in [0.3, 0.4) is 0 Å². The average molecular weight is 311 g/mol. The van der Waals surface area contributed by atoms with E-state index in [1.807, 2.05) is 6.07 Å². The number of nitrogens with zero attached hydrogens (tertiary/aromatic N) is 1. The molecule has 0 radical (unpaired) electrons. The molecule has 3 N–H and O–H groups in total. The SMILES string of the molecule is Cc1cc(CN=C(N)NCCC(C)C)ccc1S(C)(=O)=O. The van der Waals surface area contributed by atoms with Gasteiger partial charge in [0.15, 0.2) is 15.8 Å². The molecule has 0 aliphatic heterocycles. The molecular formula is C15H25N3O2S. The Labute approximate surface area is 127 Å². The zero-order chi connectivity index (χ0) is 16.0. The highest BCUT2D eigenvalue weighted by Crippen LogP contribution is 2.17. The van der Waals surface area contributed by atoms with E-state index in [-0.39, 0.29) is 0 Å². The second kappa shape index (κ2) is 7.45. The van der Waals surface area contributed by atoms with E-state index < -0.39 is 9.84 Å². The largest absolute Gasteiger partial charge is 0.370 e. The van der Waals surface area contributed by atoms with Crippen molar-refractivity contribution < 1.29 is 8.42 Å². The van der Waals surface area contributed by atoms with Gasteiger partial charge in [-0.05, 0) is 36.5 Å².